The van der Waals surface area contributed by atoms with Crippen LogP contribution in [0.4, 0.5) is 10.5 Å². The molecule has 8 heteroatoms. The van der Waals surface area contributed by atoms with Crippen LogP contribution >= 0.6 is 0 Å². The van der Waals surface area contributed by atoms with E-state index in [2.05, 4.69) is 34.5 Å². The molecule has 2 aromatic rings. The number of hydrogen-bond acceptors (Lipinski definition) is 6. The summed E-state index contributed by atoms with van der Waals surface area (Å²) in [6.07, 6.45) is 0.641. The van der Waals surface area contributed by atoms with Gasteiger partial charge in [0.15, 0.2) is 11.5 Å². The number of morpholine rings is 1. The Hall–Kier alpha value is -3.26. The number of carbonyl (C=O) groups is 1. The Kier molecular flexibility index (Phi) is 6.50. The van der Waals surface area contributed by atoms with E-state index in [0.29, 0.717) is 17.9 Å². The third-order valence-corrected chi connectivity index (χ3v) is 5.94. The lowest BCUT2D eigenvalue weighted by atomic mass is 9.94. The van der Waals surface area contributed by atoms with Crippen LogP contribution in [-0.4, -0.2) is 70.4 Å². The lowest BCUT2D eigenvalue weighted by molar-refractivity contribution is 0.122. The van der Waals surface area contributed by atoms with Crippen molar-refractivity contribution in [3.05, 3.63) is 53.1 Å². The molecule has 170 valence electrons. The molecule has 2 aliphatic rings. The first-order valence-corrected chi connectivity index (χ1v) is 10.8. The minimum atomic E-state index is -0.244. The molecule has 32 heavy (non-hydrogen) atoms. The summed E-state index contributed by atoms with van der Waals surface area (Å²) in [4.78, 5) is 14.9. The molecule has 1 N–H and O–H groups in total. The van der Waals surface area contributed by atoms with Gasteiger partial charge in [0.1, 0.15) is 0 Å². The maximum absolute atomic E-state index is 12.6. The summed E-state index contributed by atoms with van der Waals surface area (Å²) >= 11 is 0. The molecule has 0 unspecified atom stereocenters. The molecule has 0 radical (unpaired) electrons. The zero-order valence-corrected chi connectivity index (χ0v) is 19.1. The van der Waals surface area contributed by atoms with Crippen molar-refractivity contribution >= 4 is 17.4 Å². The second kappa shape index (κ2) is 9.48. The van der Waals surface area contributed by atoms with Gasteiger partial charge in [-0.15, -0.1) is 0 Å². The minimum Gasteiger partial charge on any atom is -0.493 e. The molecule has 4 rings (SSSR count). The quantitative estimate of drug-likeness (QED) is 0.795. The number of nitrogens with zero attached hydrogens (tertiary/aromatic N) is 3. The van der Waals surface area contributed by atoms with Gasteiger partial charge in [0.2, 0.25) is 0 Å². The average molecular weight is 439 g/mol. The first kappa shape index (κ1) is 22.0. The molecule has 1 atom stereocenters. The summed E-state index contributed by atoms with van der Waals surface area (Å²) in [5.74, 6) is 1.29. The van der Waals surface area contributed by atoms with Crippen LogP contribution in [0.5, 0.6) is 11.5 Å². The van der Waals surface area contributed by atoms with Crippen LogP contribution < -0.4 is 19.7 Å². The number of urea groups is 1. The lowest BCUT2D eigenvalue weighted by Crippen LogP contribution is -2.41. The van der Waals surface area contributed by atoms with Crippen molar-refractivity contribution in [1.29, 1.82) is 0 Å². The Morgan fingerprint density at radius 3 is 2.38 bits per heavy atom. The van der Waals surface area contributed by atoms with E-state index in [1.165, 1.54) is 5.01 Å². The van der Waals surface area contributed by atoms with Gasteiger partial charge >= 0.3 is 6.03 Å². The van der Waals surface area contributed by atoms with Gasteiger partial charge in [-0.3, -0.25) is 0 Å². The number of hydrazone groups is 1. The van der Waals surface area contributed by atoms with E-state index in [-0.39, 0.29) is 12.1 Å². The van der Waals surface area contributed by atoms with Gasteiger partial charge in [-0.05, 0) is 43.2 Å². The van der Waals surface area contributed by atoms with Gasteiger partial charge in [0.05, 0.1) is 39.2 Å². The maximum Gasteiger partial charge on any atom is 0.337 e. The summed E-state index contributed by atoms with van der Waals surface area (Å²) in [6, 6.07) is 11.9. The monoisotopic (exact) mass is 438 g/mol. The zero-order valence-electron chi connectivity index (χ0n) is 19.1. The molecule has 0 aliphatic carbocycles. The summed E-state index contributed by atoms with van der Waals surface area (Å²) in [7, 11) is 4.86. The van der Waals surface area contributed by atoms with Gasteiger partial charge in [-0.25, -0.2) is 9.80 Å². The summed E-state index contributed by atoms with van der Waals surface area (Å²) in [6.45, 7) is 5.22. The summed E-state index contributed by atoms with van der Waals surface area (Å²) in [5, 5.41) is 9.04. The van der Waals surface area contributed by atoms with Crippen LogP contribution in [0, 0.1) is 0 Å². The van der Waals surface area contributed by atoms with Gasteiger partial charge < -0.3 is 24.4 Å². The second-order valence-electron chi connectivity index (χ2n) is 7.91. The van der Waals surface area contributed by atoms with Crippen LogP contribution in [0.3, 0.4) is 0 Å². The topological polar surface area (TPSA) is 75.6 Å². The fourth-order valence-electron chi connectivity index (χ4n) is 4.20. The highest BCUT2D eigenvalue weighted by Crippen LogP contribution is 2.34. The standard InChI is InChI=1S/C24H30N4O4/c1-16-13-18-14-21(30-3)22(31-4)15-20(18)23(26-28(16)24(29)25-2)17-5-7-19(8-6-17)27-9-11-32-12-10-27/h5-8,14-16H,9-13H2,1-4H3,(H,25,29)/t16-/m1/s1. The number of ether oxygens (including phenoxy) is 3. The first-order chi connectivity index (χ1) is 15.5. The van der Waals surface area contributed by atoms with Gasteiger partial charge in [0, 0.05) is 37.0 Å². The molecule has 1 fully saturated rings. The van der Waals surface area contributed by atoms with Gasteiger partial charge in [0.25, 0.3) is 0 Å². The molecule has 1 saturated heterocycles. The zero-order chi connectivity index (χ0) is 22.7. The first-order valence-electron chi connectivity index (χ1n) is 10.8. The number of amides is 2. The number of nitrogens with one attached hydrogen (secondary N) is 1. The SMILES string of the molecule is CNC(=O)N1N=C(c2ccc(N3CCOCC3)cc2)c2cc(OC)c(OC)cc2C[C@H]1C. The second-order valence-corrected chi connectivity index (χ2v) is 7.91. The lowest BCUT2D eigenvalue weighted by Gasteiger charge is -2.29. The molecule has 0 spiro atoms. The minimum absolute atomic E-state index is 0.128. The van der Waals surface area contributed by atoms with E-state index in [4.69, 9.17) is 19.3 Å². The molecule has 2 aliphatic heterocycles. The number of methoxy groups -OCH3 is 2. The van der Waals surface area contributed by atoms with Crippen molar-refractivity contribution in [2.75, 3.05) is 52.5 Å². The highest BCUT2D eigenvalue weighted by Gasteiger charge is 2.28. The van der Waals surface area contributed by atoms with Gasteiger partial charge in [-0.1, -0.05) is 12.1 Å². The van der Waals surface area contributed by atoms with Crippen LogP contribution in [0.25, 0.3) is 0 Å². The summed E-state index contributed by atoms with van der Waals surface area (Å²) in [5.41, 5.74) is 4.79. The molecular weight excluding hydrogens is 408 g/mol. The van der Waals surface area contributed by atoms with Crippen LogP contribution in [0.1, 0.15) is 23.6 Å². The van der Waals surface area contributed by atoms with Crippen molar-refractivity contribution in [3.8, 4) is 11.5 Å². The number of anilines is 1. The van der Waals surface area contributed by atoms with Crippen molar-refractivity contribution < 1.29 is 19.0 Å². The molecule has 0 bridgehead atoms. The highest BCUT2D eigenvalue weighted by atomic mass is 16.5. The largest absolute Gasteiger partial charge is 0.493 e. The van der Waals surface area contributed by atoms with Gasteiger partial charge in [-0.2, -0.15) is 5.10 Å². The Morgan fingerprint density at radius 2 is 1.75 bits per heavy atom. The Morgan fingerprint density at radius 1 is 1.09 bits per heavy atom. The fourth-order valence-corrected chi connectivity index (χ4v) is 4.20. The average Bonchev–Trinajstić information content (AvgIpc) is 2.98. The van der Waals surface area contributed by atoms with E-state index in [1.807, 2.05) is 19.1 Å². The Bertz CT molecular complexity index is 1000. The van der Waals surface area contributed by atoms with Crippen molar-refractivity contribution in [3.63, 3.8) is 0 Å². The third kappa shape index (κ3) is 4.23. The Balaban J connectivity index is 1.80. The molecular formula is C24H30N4O4. The fraction of sp³-hybridized carbons (Fsp3) is 0.417. The maximum atomic E-state index is 12.6. The van der Waals surface area contributed by atoms with E-state index in [9.17, 15) is 4.79 Å². The normalized spacial score (nSPS) is 18.4. The van der Waals surface area contributed by atoms with E-state index < -0.39 is 0 Å². The predicted octanol–water partition coefficient (Wildman–Crippen LogP) is 2.88. The summed E-state index contributed by atoms with van der Waals surface area (Å²) < 4.78 is 16.5. The molecule has 0 saturated carbocycles. The Labute approximate surface area is 188 Å². The van der Waals surface area contributed by atoms with Crippen LogP contribution in [-0.2, 0) is 11.2 Å². The molecule has 0 aromatic heterocycles. The molecule has 8 nitrogen and oxygen atoms in total. The highest BCUT2D eigenvalue weighted by molar-refractivity contribution is 6.14. The predicted molar refractivity (Wildman–Crippen MR) is 124 cm³/mol. The van der Waals surface area contributed by atoms with Crippen molar-refractivity contribution in [2.45, 2.75) is 19.4 Å². The smallest absolute Gasteiger partial charge is 0.337 e. The van der Waals surface area contributed by atoms with Crippen LogP contribution in [0.2, 0.25) is 0 Å². The van der Waals surface area contributed by atoms with E-state index in [0.717, 1.165) is 54.4 Å². The molecule has 2 aromatic carbocycles. The number of hydrogen-bond donors (Lipinski definition) is 1. The number of carbonyl (C=O) groups excluding carboxylic acids is 1. The van der Waals surface area contributed by atoms with E-state index >= 15 is 0 Å². The third-order valence-electron chi connectivity index (χ3n) is 5.94. The number of rotatable bonds is 4. The van der Waals surface area contributed by atoms with Crippen LogP contribution in [0.15, 0.2) is 41.5 Å². The molecule has 2 amide bonds. The molecule has 2 heterocycles. The van der Waals surface area contributed by atoms with E-state index in [1.54, 1.807) is 21.3 Å². The van der Waals surface area contributed by atoms with Crippen molar-refractivity contribution in [1.82, 2.24) is 10.3 Å². The van der Waals surface area contributed by atoms with Crippen molar-refractivity contribution in [2.24, 2.45) is 5.10 Å². The number of fused-ring (bicyclic) bond motifs is 1. The number of benzene rings is 2.